The van der Waals surface area contributed by atoms with Crippen LogP contribution in [0.4, 0.5) is 5.82 Å². The first kappa shape index (κ1) is 19.8. The molecule has 5 rings (SSSR count). The summed E-state index contributed by atoms with van der Waals surface area (Å²) in [7, 11) is -3.02. The minimum absolute atomic E-state index is 0.0247. The van der Waals surface area contributed by atoms with Gasteiger partial charge in [-0.1, -0.05) is 48.5 Å². The van der Waals surface area contributed by atoms with Gasteiger partial charge in [0, 0.05) is 32.4 Å². The molecule has 0 atom stereocenters. The Morgan fingerprint density at radius 3 is 1.94 bits per heavy atom. The molecule has 0 aliphatic carbocycles. The topological polar surface area (TPSA) is 70.6 Å². The number of pyridine rings is 1. The molecule has 3 heterocycles. The third kappa shape index (κ3) is 3.93. The number of carbonyl (C=O) groups is 1. The number of hydrogen-bond donors (Lipinski definition) is 0. The van der Waals surface area contributed by atoms with E-state index >= 15 is 0 Å². The van der Waals surface area contributed by atoms with Crippen LogP contribution in [-0.4, -0.2) is 48.8 Å². The minimum Gasteiger partial charge on any atom is -0.348 e. The number of rotatable bonds is 2. The van der Waals surface area contributed by atoms with Crippen LogP contribution < -0.4 is 4.90 Å². The Hall–Kier alpha value is -3.19. The normalized spacial score (nSPS) is 17.4. The third-order valence-electron chi connectivity index (χ3n) is 6.00. The summed E-state index contributed by atoms with van der Waals surface area (Å²) in [5, 5.41) is 0. The summed E-state index contributed by atoms with van der Waals surface area (Å²) in [6, 6.07) is 20.5. The highest BCUT2D eigenvalue weighted by Crippen LogP contribution is 2.33. The zero-order valence-corrected chi connectivity index (χ0v) is 17.9. The lowest BCUT2D eigenvalue weighted by atomic mass is 9.97. The standard InChI is InChI=1S/C24H23N3O3S/c28-24(26-11-13-31(29,30)14-12-26)18-9-10-23(25-15-18)27-16-19-5-1-3-7-21(19)22-8-4-2-6-20(22)17-27/h1-10,15H,11-14,16-17H2. The van der Waals surface area contributed by atoms with E-state index in [0.717, 1.165) is 18.9 Å². The first-order chi connectivity index (χ1) is 15.0. The summed E-state index contributed by atoms with van der Waals surface area (Å²) >= 11 is 0. The van der Waals surface area contributed by atoms with E-state index in [1.165, 1.54) is 22.3 Å². The van der Waals surface area contributed by atoms with E-state index < -0.39 is 9.84 Å². The Labute approximate surface area is 182 Å². The van der Waals surface area contributed by atoms with E-state index in [4.69, 9.17) is 0 Å². The van der Waals surface area contributed by atoms with Crippen molar-refractivity contribution in [1.82, 2.24) is 9.88 Å². The number of amides is 1. The smallest absolute Gasteiger partial charge is 0.255 e. The summed E-state index contributed by atoms with van der Waals surface area (Å²) in [6.45, 7) is 1.94. The maximum atomic E-state index is 12.8. The van der Waals surface area contributed by atoms with Crippen molar-refractivity contribution in [1.29, 1.82) is 0 Å². The Balaban J connectivity index is 1.40. The van der Waals surface area contributed by atoms with E-state index in [0.29, 0.717) is 5.56 Å². The molecule has 2 aliphatic heterocycles. The van der Waals surface area contributed by atoms with Crippen LogP contribution in [0.3, 0.4) is 0 Å². The van der Waals surface area contributed by atoms with Crippen molar-refractivity contribution in [3.8, 4) is 11.1 Å². The van der Waals surface area contributed by atoms with E-state index in [-0.39, 0.29) is 30.5 Å². The predicted octanol–water partition coefficient (Wildman–Crippen LogP) is 3.14. The highest BCUT2D eigenvalue weighted by Gasteiger charge is 2.26. The molecule has 2 aromatic carbocycles. The van der Waals surface area contributed by atoms with Crippen LogP contribution >= 0.6 is 0 Å². The highest BCUT2D eigenvalue weighted by molar-refractivity contribution is 7.91. The Morgan fingerprint density at radius 1 is 0.806 bits per heavy atom. The predicted molar refractivity (Wildman–Crippen MR) is 121 cm³/mol. The molecule has 0 unspecified atom stereocenters. The van der Waals surface area contributed by atoms with Gasteiger partial charge in [-0.3, -0.25) is 4.79 Å². The van der Waals surface area contributed by atoms with Crippen molar-refractivity contribution >= 4 is 21.6 Å². The van der Waals surface area contributed by atoms with Crippen LogP contribution in [0.5, 0.6) is 0 Å². The quantitative estimate of drug-likeness (QED) is 0.621. The van der Waals surface area contributed by atoms with Gasteiger partial charge in [-0.05, 0) is 34.4 Å². The molecule has 7 heteroatoms. The molecule has 6 nitrogen and oxygen atoms in total. The zero-order valence-electron chi connectivity index (χ0n) is 17.1. The summed E-state index contributed by atoms with van der Waals surface area (Å²) in [6.07, 6.45) is 1.60. The Kier molecular flexibility index (Phi) is 4.98. The SMILES string of the molecule is O=C(c1ccc(N2Cc3ccccc3-c3ccccc3C2)nc1)N1CCS(=O)(=O)CC1. The van der Waals surface area contributed by atoms with Crippen molar-refractivity contribution in [3.05, 3.63) is 83.6 Å². The van der Waals surface area contributed by atoms with Gasteiger partial charge in [0.25, 0.3) is 5.91 Å². The van der Waals surface area contributed by atoms with E-state index in [9.17, 15) is 13.2 Å². The molecule has 0 N–H and O–H groups in total. The van der Waals surface area contributed by atoms with Crippen LogP contribution in [0.1, 0.15) is 21.5 Å². The molecular formula is C24H23N3O3S. The molecule has 1 amide bonds. The molecular weight excluding hydrogens is 410 g/mol. The summed E-state index contributed by atoms with van der Waals surface area (Å²) in [4.78, 5) is 21.2. The lowest BCUT2D eigenvalue weighted by Gasteiger charge is -2.27. The summed E-state index contributed by atoms with van der Waals surface area (Å²) in [5.41, 5.74) is 5.45. The van der Waals surface area contributed by atoms with Gasteiger partial charge in [-0.25, -0.2) is 13.4 Å². The van der Waals surface area contributed by atoms with Crippen molar-refractivity contribution in [2.24, 2.45) is 0 Å². The van der Waals surface area contributed by atoms with Gasteiger partial charge >= 0.3 is 0 Å². The minimum atomic E-state index is -3.02. The lowest BCUT2D eigenvalue weighted by molar-refractivity contribution is 0.0770. The van der Waals surface area contributed by atoms with Crippen LogP contribution in [0.25, 0.3) is 11.1 Å². The largest absolute Gasteiger partial charge is 0.348 e. The maximum Gasteiger partial charge on any atom is 0.255 e. The number of sulfone groups is 1. The molecule has 0 bridgehead atoms. The highest BCUT2D eigenvalue weighted by atomic mass is 32.2. The number of fused-ring (bicyclic) bond motifs is 3. The number of aromatic nitrogens is 1. The molecule has 31 heavy (non-hydrogen) atoms. The molecule has 3 aromatic rings. The molecule has 0 saturated carbocycles. The van der Waals surface area contributed by atoms with E-state index in [1.54, 1.807) is 17.2 Å². The zero-order chi connectivity index (χ0) is 21.4. The van der Waals surface area contributed by atoms with Crippen molar-refractivity contribution in [3.63, 3.8) is 0 Å². The molecule has 1 aromatic heterocycles. The maximum absolute atomic E-state index is 12.8. The number of hydrogen-bond acceptors (Lipinski definition) is 5. The third-order valence-corrected chi connectivity index (χ3v) is 7.61. The number of nitrogens with zero attached hydrogens (tertiary/aromatic N) is 3. The fraction of sp³-hybridized carbons (Fsp3) is 0.250. The average Bonchev–Trinajstić information content (AvgIpc) is 2.96. The first-order valence-electron chi connectivity index (χ1n) is 10.4. The summed E-state index contributed by atoms with van der Waals surface area (Å²) < 4.78 is 23.2. The monoisotopic (exact) mass is 433 g/mol. The second-order valence-electron chi connectivity index (χ2n) is 8.02. The number of anilines is 1. The fourth-order valence-corrected chi connectivity index (χ4v) is 5.47. The van der Waals surface area contributed by atoms with Crippen LogP contribution in [0.2, 0.25) is 0 Å². The van der Waals surface area contributed by atoms with Gasteiger partial charge < -0.3 is 9.80 Å². The van der Waals surface area contributed by atoms with Crippen molar-refractivity contribution in [2.45, 2.75) is 13.1 Å². The first-order valence-corrected chi connectivity index (χ1v) is 12.2. The van der Waals surface area contributed by atoms with E-state index in [2.05, 4.69) is 58.4 Å². The Bertz CT molecular complexity index is 1180. The fourth-order valence-electron chi connectivity index (χ4n) is 4.27. The molecule has 0 spiro atoms. The van der Waals surface area contributed by atoms with Crippen LogP contribution in [-0.2, 0) is 22.9 Å². The molecule has 158 valence electrons. The van der Waals surface area contributed by atoms with Gasteiger partial charge in [0.05, 0.1) is 17.1 Å². The molecule has 1 saturated heterocycles. The molecule has 2 aliphatic rings. The average molecular weight is 434 g/mol. The second-order valence-corrected chi connectivity index (χ2v) is 10.3. The van der Waals surface area contributed by atoms with Crippen molar-refractivity contribution < 1.29 is 13.2 Å². The van der Waals surface area contributed by atoms with Gasteiger partial charge in [-0.15, -0.1) is 0 Å². The summed E-state index contributed by atoms with van der Waals surface area (Å²) in [5.74, 6) is 0.693. The van der Waals surface area contributed by atoms with Crippen LogP contribution in [0, 0.1) is 0 Å². The Morgan fingerprint density at radius 2 is 1.39 bits per heavy atom. The number of carbonyl (C=O) groups excluding carboxylic acids is 1. The van der Waals surface area contributed by atoms with Crippen molar-refractivity contribution in [2.75, 3.05) is 29.5 Å². The van der Waals surface area contributed by atoms with Gasteiger partial charge in [-0.2, -0.15) is 0 Å². The van der Waals surface area contributed by atoms with Gasteiger partial charge in [0.15, 0.2) is 9.84 Å². The van der Waals surface area contributed by atoms with Gasteiger partial charge in [0.1, 0.15) is 5.82 Å². The van der Waals surface area contributed by atoms with Crippen LogP contribution in [0.15, 0.2) is 66.9 Å². The lowest BCUT2D eigenvalue weighted by Crippen LogP contribution is -2.43. The molecule has 0 radical (unpaired) electrons. The number of benzene rings is 2. The van der Waals surface area contributed by atoms with Gasteiger partial charge in [0.2, 0.25) is 0 Å². The van der Waals surface area contributed by atoms with E-state index in [1.807, 2.05) is 6.07 Å². The second kappa shape index (κ2) is 7.81. The molecule has 1 fully saturated rings.